The third-order valence-electron chi connectivity index (χ3n) is 3.43. The summed E-state index contributed by atoms with van der Waals surface area (Å²) in [5.41, 5.74) is 8.24. The maximum Gasteiger partial charge on any atom is 0.245 e. The number of aromatic amines is 1. The molecule has 0 spiro atoms. The molecule has 0 aliphatic heterocycles. The molecular weight excluding hydrogens is 290 g/mol. The molecule has 3 aromatic rings. The van der Waals surface area contributed by atoms with Gasteiger partial charge < -0.3 is 11.1 Å². The van der Waals surface area contributed by atoms with Gasteiger partial charge in [0.1, 0.15) is 11.9 Å². The predicted octanol–water partition coefficient (Wildman–Crippen LogP) is 2.42. The van der Waals surface area contributed by atoms with Crippen molar-refractivity contribution in [2.24, 2.45) is 5.73 Å². The Balaban J connectivity index is 1.76. The van der Waals surface area contributed by atoms with Gasteiger partial charge in [-0.1, -0.05) is 42.5 Å². The number of carbonyl (C=O) groups excluding carboxylic acids is 1. The summed E-state index contributed by atoms with van der Waals surface area (Å²) in [6.45, 7) is 1.83. The number of aryl methyl sites for hydroxylation is 1. The number of nitrogens with two attached hydrogens (primary N) is 1. The number of nitrogens with zero attached hydrogens (tertiary/aromatic N) is 2. The maximum atomic E-state index is 12.3. The van der Waals surface area contributed by atoms with Gasteiger partial charge in [-0.3, -0.25) is 9.89 Å². The highest BCUT2D eigenvalue weighted by atomic mass is 16.2. The lowest BCUT2D eigenvalue weighted by Gasteiger charge is -2.13. The number of hydrogen-bond acceptors (Lipinski definition) is 4. The first kappa shape index (κ1) is 14.9. The first-order chi connectivity index (χ1) is 11.1. The summed E-state index contributed by atoms with van der Waals surface area (Å²) in [6.07, 6.45) is 0. The highest BCUT2D eigenvalue weighted by Crippen LogP contribution is 2.20. The Hall–Kier alpha value is -2.99. The number of hydrogen-bond donors (Lipinski definition) is 3. The van der Waals surface area contributed by atoms with Gasteiger partial charge in [-0.2, -0.15) is 5.10 Å². The van der Waals surface area contributed by atoms with E-state index >= 15 is 0 Å². The van der Waals surface area contributed by atoms with Crippen LogP contribution in [0.25, 0.3) is 11.4 Å². The maximum absolute atomic E-state index is 12.3. The fourth-order valence-electron chi connectivity index (χ4n) is 2.24. The number of aromatic nitrogens is 3. The van der Waals surface area contributed by atoms with Crippen molar-refractivity contribution >= 4 is 11.6 Å². The third kappa shape index (κ3) is 3.44. The van der Waals surface area contributed by atoms with E-state index in [0.717, 1.165) is 17.0 Å². The third-order valence-corrected chi connectivity index (χ3v) is 3.43. The van der Waals surface area contributed by atoms with Crippen LogP contribution in [0.15, 0.2) is 54.6 Å². The van der Waals surface area contributed by atoms with Crippen LogP contribution in [0.3, 0.4) is 0 Å². The van der Waals surface area contributed by atoms with E-state index in [4.69, 9.17) is 5.73 Å². The fraction of sp³-hybridized carbons (Fsp3) is 0.118. The molecule has 2 aromatic carbocycles. The lowest BCUT2D eigenvalue weighted by Crippen LogP contribution is -2.27. The van der Waals surface area contributed by atoms with Crippen LogP contribution < -0.4 is 11.1 Å². The Morgan fingerprint density at radius 2 is 1.96 bits per heavy atom. The molecule has 0 saturated heterocycles. The summed E-state index contributed by atoms with van der Waals surface area (Å²) < 4.78 is 0. The molecule has 6 nitrogen and oxygen atoms in total. The molecule has 6 heteroatoms. The monoisotopic (exact) mass is 307 g/mol. The summed E-state index contributed by atoms with van der Waals surface area (Å²) in [7, 11) is 0. The highest BCUT2D eigenvalue weighted by molar-refractivity contribution is 5.95. The van der Waals surface area contributed by atoms with Crippen molar-refractivity contribution < 1.29 is 4.79 Å². The molecule has 1 atom stereocenters. The first-order valence-corrected chi connectivity index (χ1v) is 7.24. The highest BCUT2D eigenvalue weighted by Gasteiger charge is 2.16. The van der Waals surface area contributed by atoms with E-state index in [2.05, 4.69) is 20.5 Å². The molecule has 1 unspecified atom stereocenters. The first-order valence-electron chi connectivity index (χ1n) is 7.24. The molecule has 1 heterocycles. The van der Waals surface area contributed by atoms with Crippen LogP contribution in [-0.4, -0.2) is 21.1 Å². The van der Waals surface area contributed by atoms with Crippen LogP contribution in [0, 0.1) is 6.92 Å². The number of anilines is 1. The molecule has 116 valence electrons. The molecule has 1 aromatic heterocycles. The van der Waals surface area contributed by atoms with Crippen molar-refractivity contribution in [3.8, 4) is 11.4 Å². The van der Waals surface area contributed by atoms with Gasteiger partial charge in [0.05, 0.1) is 0 Å². The lowest BCUT2D eigenvalue weighted by molar-refractivity contribution is -0.117. The lowest BCUT2D eigenvalue weighted by atomic mass is 10.1. The predicted molar refractivity (Wildman–Crippen MR) is 88.6 cm³/mol. The Morgan fingerprint density at radius 3 is 2.65 bits per heavy atom. The van der Waals surface area contributed by atoms with E-state index in [9.17, 15) is 4.79 Å². The van der Waals surface area contributed by atoms with E-state index < -0.39 is 6.04 Å². The van der Waals surface area contributed by atoms with E-state index in [-0.39, 0.29) is 5.91 Å². The van der Waals surface area contributed by atoms with Gasteiger partial charge in [-0.05, 0) is 24.6 Å². The van der Waals surface area contributed by atoms with Crippen LogP contribution >= 0.6 is 0 Å². The van der Waals surface area contributed by atoms with Crippen LogP contribution in [0.4, 0.5) is 5.69 Å². The van der Waals surface area contributed by atoms with Crippen molar-refractivity contribution in [1.29, 1.82) is 0 Å². The van der Waals surface area contributed by atoms with E-state index in [1.807, 2.05) is 55.5 Å². The van der Waals surface area contributed by atoms with Gasteiger partial charge in [0.15, 0.2) is 5.82 Å². The molecule has 0 aliphatic rings. The van der Waals surface area contributed by atoms with Gasteiger partial charge in [-0.25, -0.2) is 4.98 Å². The standard InChI is InChI=1S/C17H17N5O/c1-11-19-16(22-21-11)13-8-5-9-14(10-13)20-17(23)15(18)12-6-3-2-4-7-12/h2-10,15H,18H2,1H3,(H,20,23)(H,19,21,22). The normalized spacial score (nSPS) is 11.9. The molecule has 23 heavy (non-hydrogen) atoms. The van der Waals surface area contributed by atoms with Crippen molar-refractivity contribution in [2.45, 2.75) is 13.0 Å². The smallest absolute Gasteiger partial charge is 0.245 e. The summed E-state index contributed by atoms with van der Waals surface area (Å²) in [5.74, 6) is 1.06. The SMILES string of the molecule is Cc1nc(-c2cccc(NC(=O)C(N)c3ccccc3)c2)n[nH]1. The molecule has 0 radical (unpaired) electrons. The molecule has 4 N–H and O–H groups in total. The quantitative estimate of drug-likeness (QED) is 0.689. The van der Waals surface area contributed by atoms with Crippen LogP contribution in [0.2, 0.25) is 0 Å². The van der Waals surface area contributed by atoms with Crippen molar-refractivity contribution in [2.75, 3.05) is 5.32 Å². The number of benzene rings is 2. The second-order valence-electron chi connectivity index (χ2n) is 5.20. The largest absolute Gasteiger partial charge is 0.324 e. The van der Waals surface area contributed by atoms with Gasteiger partial charge >= 0.3 is 0 Å². The molecular formula is C17H17N5O. The Bertz CT molecular complexity index is 813. The zero-order chi connectivity index (χ0) is 16.2. The average Bonchev–Trinajstić information content (AvgIpc) is 3.02. The molecule has 0 bridgehead atoms. The zero-order valence-corrected chi connectivity index (χ0v) is 12.7. The molecule has 0 saturated carbocycles. The summed E-state index contributed by atoms with van der Waals surface area (Å²) >= 11 is 0. The number of rotatable bonds is 4. The molecule has 0 aliphatic carbocycles. The van der Waals surface area contributed by atoms with Gasteiger partial charge in [0.2, 0.25) is 5.91 Å². The molecule has 0 fully saturated rings. The van der Waals surface area contributed by atoms with Gasteiger partial charge in [0, 0.05) is 11.3 Å². The van der Waals surface area contributed by atoms with Crippen LogP contribution in [0.5, 0.6) is 0 Å². The fourth-order valence-corrected chi connectivity index (χ4v) is 2.24. The van der Waals surface area contributed by atoms with Gasteiger partial charge in [-0.15, -0.1) is 0 Å². The number of nitrogens with one attached hydrogen (secondary N) is 2. The number of amides is 1. The van der Waals surface area contributed by atoms with Crippen molar-refractivity contribution in [3.63, 3.8) is 0 Å². The zero-order valence-electron chi connectivity index (χ0n) is 12.7. The van der Waals surface area contributed by atoms with Gasteiger partial charge in [0.25, 0.3) is 0 Å². The Kier molecular flexibility index (Phi) is 4.16. The topological polar surface area (TPSA) is 96.7 Å². The minimum absolute atomic E-state index is 0.264. The van der Waals surface area contributed by atoms with E-state index in [1.54, 1.807) is 6.07 Å². The minimum Gasteiger partial charge on any atom is -0.324 e. The Labute approximate surface area is 133 Å². The second kappa shape index (κ2) is 6.41. The molecule has 1 amide bonds. The summed E-state index contributed by atoms with van der Waals surface area (Å²) in [4.78, 5) is 16.6. The van der Waals surface area contributed by atoms with Crippen LogP contribution in [-0.2, 0) is 4.79 Å². The summed E-state index contributed by atoms with van der Waals surface area (Å²) in [5, 5.41) is 9.74. The van der Waals surface area contributed by atoms with Crippen molar-refractivity contribution in [3.05, 3.63) is 66.0 Å². The Morgan fingerprint density at radius 1 is 1.17 bits per heavy atom. The minimum atomic E-state index is -0.717. The molecule has 3 rings (SSSR count). The van der Waals surface area contributed by atoms with Crippen molar-refractivity contribution in [1.82, 2.24) is 15.2 Å². The van der Waals surface area contributed by atoms with Crippen LogP contribution in [0.1, 0.15) is 17.4 Å². The van der Waals surface area contributed by atoms with E-state index in [0.29, 0.717) is 11.5 Å². The average molecular weight is 307 g/mol. The second-order valence-corrected chi connectivity index (χ2v) is 5.20. The summed E-state index contributed by atoms with van der Waals surface area (Å²) in [6, 6.07) is 15.9. The number of carbonyl (C=O) groups is 1. The van der Waals surface area contributed by atoms with E-state index in [1.165, 1.54) is 0 Å². The number of H-pyrrole nitrogens is 1.